The lowest BCUT2D eigenvalue weighted by Gasteiger charge is -2.33. The van der Waals surface area contributed by atoms with E-state index in [-0.39, 0.29) is 23.5 Å². The summed E-state index contributed by atoms with van der Waals surface area (Å²) < 4.78 is 13.2. The predicted molar refractivity (Wildman–Crippen MR) is 127 cm³/mol. The SMILES string of the molecule is CC(=O)Nc1ccc(C(=O)N2CCC[C@@H](c3cc(Cc4ccc(F)cc4)cc(C)n3)C2)cc1. The topological polar surface area (TPSA) is 62.3 Å². The molecule has 0 radical (unpaired) electrons. The third-order valence-corrected chi connectivity index (χ3v) is 5.93. The second-order valence-corrected chi connectivity index (χ2v) is 8.69. The van der Waals surface area contributed by atoms with E-state index in [2.05, 4.69) is 17.4 Å². The van der Waals surface area contributed by atoms with Gasteiger partial charge in [-0.1, -0.05) is 12.1 Å². The average Bonchev–Trinajstić information content (AvgIpc) is 2.80. The summed E-state index contributed by atoms with van der Waals surface area (Å²) in [5.41, 5.74) is 5.43. The Morgan fingerprint density at radius 2 is 1.79 bits per heavy atom. The highest BCUT2D eigenvalue weighted by Gasteiger charge is 2.26. The molecule has 1 aliphatic rings. The largest absolute Gasteiger partial charge is 0.338 e. The van der Waals surface area contributed by atoms with Gasteiger partial charge in [-0.2, -0.15) is 0 Å². The van der Waals surface area contributed by atoms with Crippen LogP contribution in [-0.4, -0.2) is 34.8 Å². The van der Waals surface area contributed by atoms with Crippen molar-refractivity contribution in [2.75, 3.05) is 18.4 Å². The minimum absolute atomic E-state index is 0.00624. The summed E-state index contributed by atoms with van der Waals surface area (Å²) in [6.45, 7) is 4.78. The minimum atomic E-state index is -0.234. The average molecular weight is 446 g/mol. The van der Waals surface area contributed by atoms with E-state index in [9.17, 15) is 14.0 Å². The first-order chi connectivity index (χ1) is 15.9. The van der Waals surface area contributed by atoms with E-state index in [1.54, 1.807) is 24.3 Å². The Morgan fingerprint density at radius 3 is 2.48 bits per heavy atom. The second-order valence-electron chi connectivity index (χ2n) is 8.69. The Morgan fingerprint density at radius 1 is 1.06 bits per heavy atom. The lowest BCUT2D eigenvalue weighted by molar-refractivity contribution is -0.114. The van der Waals surface area contributed by atoms with Gasteiger partial charge in [-0.3, -0.25) is 14.6 Å². The van der Waals surface area contributed by atoms with Crippen LogP contribution in [0, 0.1) is 12.7 Å². The number of aromatic nitrogens is 1. The fraction of sp³-hybridized carbons (Fsp3) is 0.296. The molecule has 5 nitrogen and oxygen atoms in total. The van der Waals surface area contributed by atoms with E-state index in [0.717, 1.165) is 41.9 Å². The van der Waals surface area contributed by atoms with E-state index < -0.39 is 0 Å². The Kier molecular flexibility index (Phi) is 6.82. The van der Waals surface area contributed by atoms with Crippen molar-refractivity contribution in [2.24, 2.45) is 0 Å². The Balaban J connectivity index is 1.47. The second kappa shape index (κ2) is 9.94. The lowest BCUT2D eigenvalue weighted by atomic mass is 9.92. The van der Waals surface area contributed by atoms with Crippen LogP contribution in [0.1, 0.15) is 58.6 Å². The quantitative estimate of drug-likeness (QED) is 0.594. The number of nitrogens with zero attached hydrogens (tertiary/aromatic N) is 2. The molecule has 6 heteroatoms. The van der Waals surface area contributed by atoms with Crippen LogP contribution in [0.3, 0.4) is 0 Å². The van der Waals surface area contributed by atoms with Crippen molar-refractivity contribution in [2.45, 2.75) is 39.0 Å². The van der Waals surface area contributed by atoms with E-state index in [0.29, 0.717) is 24.2 Å². The fourth-order valence-electron chi connectivity index (χ4n) is 4.40. The smallest absolute Gasteiger partial charge is 0.253 e. The van der Waals surface area contributed by atoms with Gasteiger partial charge >= 0.3 is 0 Å². The van der Waals surface area contributed by atoms with E-state index >= 15 is 0 Å². The third kappa shape index (κ3) is 5.83. The molecule has 1 saturated heterocycles. The molecule has 33 heavy (non-hydrogen) atoms. The number of rotatable bonds is 5. The first-order valence-electron chi connectivity index (χ1n) is 11.3. The summed E-state index contributed by atoms with van der Waals surface area (Å²) in [6.07, 6.45) is 2.62. The zero-order chi connectivity index (χ0) is 23.4. The molecular formula is C27H28FN3O2. The van der Waals surface area contributed by atoms with Gasteiger partial charge in [0.05, 0.1) is 0 Å². The Bertz CT molecular complexity index is 1140. The lowest BCUT2D eigenvalue weighted by Crippen LogP contribution is -2.39. The van der Waals surface area contributed by atoms with Crippen LogP contribution in [0.25, 0.3) is 0 Å². The molecule has 1 fully saturated rings. The number of carbonyl (C=O) groups excluding carboxylic acids is 2. The van der Waals surface area contributed by atoms with Gasteiger partial charge in [0.15, 0.2) is 0 Å². The molecule has 2 aromatic carbocycles. The molecule has 0 aliphatic carbocycles. The summed E-state index contributed by atoms with van der Waals surface area (Å²) in [6, 6.07) is 17.8. The molecule has 0 bridgehead atoms. The van der Waals surface area contributed by atoms with Crippen LogP contribution in [0.15, 0.2) is 60.7 Å². The van der Waals surface area contributed by atoms with Gasteiger partial charge in [-0.25, -0.2) is 4.39 Å². The number of likely N-dealkylation sites (tertiary alicyclic amines) is 1. The van der Waals surface area contributed by atoms with Crippen LogP contribution < -0.4 is 5.32 Å². The molecule has 0 spiro atoms. The Labute approximate surface area is 193 Å². The van der Waals surface area contributed by atoms with Gasteiger partial charge in [-0.15, -0.1) is 0 Å². The van der Waals surface area contributed by atoms with Crippen molar-refractivity contribution in [3.63, 3.8) is 0 Å². The molecule has 2 amide bonds. The van der Waals surface area contributed by atoms with E-state index in [4.69, 9.17) is 4.98 Å². The molecule has 1 aromatic heterocycles. The molecular weight excluding hydrogens is 417 g/mol. The number of halogens is 1. The van der Waals surface area contributed by atoms with Crippen LogP contribution in [0.2, 0.25) is 0 Å². The van der Waals surface area contributed by atoms with Crippen LogP contribution >= 0.6 is 0 Å². The molecule has 2 heterocycles. The number of pyridine rings is 1. The van der Waals surface area contributed by atoms with Crippen molar-refractivity contribution >= 4 is 17.5 Å². The maximum absolute atomic E-state index is 13.2. The number of aryl methyl sites for hydroxylation is 1. The molecule has 0 saturated carbocycles. The molecule has 1 N–H and O–H groups in total. The Hall–Kier alpha value is -3.54. The van der Waals surface area contributed by atoms with Crippen LogP contribution in [-0.2, 0) is 11.2 Å². The highest BCUT2D eigenvalue weighted by Crippen LogP contribution is 2.28. The van der Waals surface area contributed by atoms with Crippen LogP contribution in [0.5, 0.6) is 0 Å². The van der Waals surface area contributed by atoms with Gasteiger partial charge in [0.2, 0.25) is 5.91 Å². The molecule has 0 unspecified atom stereocenters. The summed E-state index contributed by atoms with van der Waals surface area (Å²) >= 11 is 0. The maximum Gasteiger partial charge on any atom is 0.253 e. The maximum atomic E-state index is 13.2. The number of anilines is 1. The van der Waals surface area contributed by atoms with Gasteiger partial charge < -0.3 is 10.2 Å². The molecule has 4 rings (SSSR count). The summed E-state index contributed by atoms with van der Waals surface area (Å²) in [5.74, 6) is -0.207. The summed E-state index contributed by atoms with van der Waals surface area (Å²) in [4.78, 5) is 31.0. The predicted octanol–water partition coefficient (Wildman–Crippen LogP) is 5.10. The monoisotopic (exact) mass is 445 g/mol. The van der Waals surface area contributed by atoms with Crippen molar-refractivity contribution in [3.05, 3.63) is 94.6 Å². The van der Waals surface area contributed by atoms with Crippen molar-refractivity contribution in [1.82, 2.24) is 9.88 Å². The fourth-order valence-corrected chi connectivity index (χ4v) is 4.40. The molecule has 1 aliphatic heterocycles. The number of hydrogen-bond donors (Lipinski definition) is 1. The first kappa shape index (κ1) is 22.6. The number of benzene rings is 2. The zero-order valence-electron chi connectivity index (χ0n) is 19.0. The molecule has 1 atom stereocenters. The van der Waals surface area contributed by atoms with Crippen LogP contribution in [0.4, 0.5) is 10.1 Å². The highest BCUT2D eigenvalue weighted by molar-refractivity contribution is 5.95. The first-order valence-corrected chi connectivity index (χ1v) is 11.3. The van der Waals surface area contributed by atoms with Gasteiger partial charge in [0.1, 0.15) is 5.82 Å². The third-order valence-electron chi connectivity index (χ3n) is 5.93. The standard InChI is InChI=1S/C27H28FN3O2/c1-18-14-21(15-20-5-9-24(28)10-6-20)16-26(29-18)23-4-3-13-31(17-23)27(33)22-7-11-25(12-8-22)30-19(2)32/h5-12,14,16,23H,3-4,13,15,17H2,1-2H3,(H,30,32)/t23-/m1/s1. The number of nitrogens with one attached hydrogen (secondary N) is 1. The van der Waals surface area contributed by atoms with Crippen molar-refractivity contribution in [1.29, 1.82) is 0 Å². The van der Waals surface area contributed by atoms with Crippen molar-refractivity contribution < 1.29 is 14.0 Å². The normalized spacial score (nSPS) is 15.8. The van der Waals surface area contributed by atoms with E-state index in [1.165, 1.54) is 19.1 Å². The van der Waals surface area contributed by atoms with Gasteiger partial charge in [0.25, 0.3) is 5.91 Å². The number of hydrogen-bond acceptors (Lipinski definition) is 3. The number of amides is 2. The van der Waals surface area contributed by atoms with Gasteiger partial charge in [0, 0.05) is 48.6 Å². The van der Waals surface area contributed by atoms with Crippen molar-refractivity contribution in [3.8, 4) is 0 Å². The zero-order valence-corrected chi connectivity index (χ0v) is 19.0. The minimum Gasteiger partial charge on any atom is -0.338 e. The van der Waals surface area contributed by atoms with Gasteiger partial charge in [-0.05, 0) is 85.8 Å². The highest BCUT2D eigenvalue weighted by atomic mass is 19.1. The summed E-state index contributed by atoms with van der Waals surface area (Å²) in [5, 5.41) is 2.72. The van der Waals surface area contributed by atoms with E-state index in [1.807, 2.05) is 24.0 Å². The molecule has 3 aromatic rings. The number of piperidine rings is 1. The number of carbonyl (C=O) groups is 2. The molecule has 170 valence electrons. The summed E-state index contributed by atoms with van der Waals surface area (Å²) in [7, 11) is 0.